The minimum Gasteiger partial charge on any atom is -0.370 e. The fraction of sp³-hybridized carbons (Fsp3) is 0.357. The number of rotatable bonds is 4. The first-order valence-corrected chi connectivity index (χ1v) is 6.34. The summed E-state index contributed by atoms with van der Waals surface area (Å²) in [7, 11) is 0. The lowest BCUT2D eigenvalue weighted by Crippen LogP contribution is -2.24. The number of aromatic nitrogens is 3. The van der Waals surface area contributed by atoms with Gasteiger partial charge in [0.25, 0.3) is 5.56 Å². The van der Waals surface area contributed by atoms with Gasteiger partial charge in [-0.25, -0.2) is 9.97 Å². The molecule has 0 fully saturated rings. The summed E-state index contributed by atoms with van der Waals surface area (Å²) in [6.07, 6.45) is 1.78. The van der Waals surface area contributed by atoms with Crippen molar-refractivity contribution >= 4 is 5.82 Å². The van der Waals surface area contributed by atoms with Gasteiger partial charge < -0.3 is 5.32 Å². The molecule has 0 amide bonds. The Balaban J connectivity index is 2.24. The van der Waals surface area contributed by atoms with Gasteiger partial charge in [-0.1, -0.05) is 6.07 Å². The van der Waals surface area contributed by atoms with Crippen molar-refractivity contribution in [1.82, 2.24) is 14.5 Å². The first-order valence-electron chi connectivity index (χ1n) is 6.34. The summed E-state index contributed by atoms with van der Waals surface area (Å²) in [6.45, 7) is 7.03. The van der Waals surface area contributed by atoms with Crippen molar-refractivity contribution in [2.75, 3.05) is 11.9 Å². The van der Waals surface area contributed by atoms with Crippen molar-refractivity contribution in [3.05, 3.63) is 51.8 Å². The van der Waals surface area contributed by atoms with Gasteiger partial charge in [-0.2, -0.15) is 0 Å². The molecule has 0 bridgehead atoms. The first-order chi connectivity index (χ1) is 9.10. The number of hydrogen-bond acceptors (Lipinski definition) is 4. The summed E-state index contributed by atoms with van der Waals surface area (Å²) < 4.78 is 1.65. The Morgan fingerprint density at radius 3 is 2.68 bits per heavy atom. The van der Waals surface area contributed by atoms with Crippen LogP contribution in [0.1, 0.15) is 24.0 Å². The Labute approximate surface area is 112 Å². The van der Waals surface area contributed by atoms with Gasteiger partial charge in [0.15, 0.2) is 0 Å². The lowest BCUT2D eigenvalue weighted by atomic mass is 10.2. The molecule has 0 unspecified atom stereocenters. The normalized spacial score (nSPS) is 10.5. The second-order valence-corrected chi connectivity index (χ2v) is 4.45. The van der Waals surface area contributed by atoms with Crippen molar-refractivity contribution in [2.45, 2.75) is 27.3 Å². The fourth-order valence-electron chi connectivity index (χ4n) is 1.94. The van der Waals surface area contributed by atoms with E-state index in [2.05, 4.69) is 15.3 Å². The van der Waals surface area contributed by atoms with Gasteiger partial charge in [-0.05, 0) is 32.4 Å². The molecule has 2 aromatic heterocycles. The number of anilines is 1. The van der Waals surface area contributed by atoms with Crippen LogP contribution >= 0.6 is 0 Å². The van der Waals surface area contributed by atoms with Crippen LogP contribution in [-0.2, 0) is 6.54 Å². The molecule has 2 heterocycles. The molecular weight excluding hydrogens is 240 g/mol. The molecule has 5 heteroatoms. The molecule has 0 radical (unpaired) electrons. The summed E-state index contributed by atoms with van der Waals surface area (Å²) >= 11 is 0. The molecule has 0 saturated heterocycles. The van der Waals surface area contributed by atoms with Crippen molar-refractivity contribution in [3.8, 4) is 0 Å². The van der Waals surface area contributed by atoms with Crippen LogP contribution in [0.25, 0.3) is 0 Å². The Hall–Kier alpha value is -2.17. The van der Waals surface area contributed by atoms with Crippen LogP contribution in [0.5, 0.6) is 0 Å². The predicted octanol–water partition coefficient (Wildman–Crippen LogP) is 1.74. The molecule has 0 saturated carbocycles. The van der Waals surface area contributed by atoms with E-state index in [9.17, 15) is 4.79 Å². The SMILES string of the molecule is CCNc1ccc(Cn2c(C)nc(C)cc2=O)cn1. The van der Waals surface area contributed by atoms with E-state index < -0.39 is 0 Å². The lowest BCUT2D eigenvalue weighted by Gasteiger charge is -2.10. The van der Waals surface area contributed by atoms with E-state index in [1.165, 1.54) is 0 Å². The van der Waals surface area contributed by atoms with E-state index in [4.69, 9.17) is 0 Å². The Morgan fingerprint density at radius 1 is 1.32 bits per heavy atom. The van der Waals surface area contributed by atoms with Gasteiger partial charge in [-0.15, -0.1) is 0 Å². The minimum atomic E-state index is -0.0271. The van der Waals surface area contributed by atoms with Crippen LogP contribution in [0.4, 0.5) is 5.82 Å². The van der Waals surface area contributed by atoms with Gasteiger partial charge in [0.2, 0.25) is 0 Å². The molecule has 0 aliphatic rings. The van der Waals surface area contributed by atoms with Gasteiger partial charge >= 0.3 is 0 Å². The quantitative estimate of drug-likeness (QED) is 0.907. The van der Waals surface area contributed by atoms with E-state index in [1.807, 2.05) is 32.9 Å². The molecular formula is C14H18N4O. The third-order valence-electron chi connectivity index (χ3n) is 2.85. The largest absolute Gasteiger partial charge is 0.370 e. The summed E-state index contributed by atoms with van der Waals surface area (Å²) in [5.41, 5.74) is 1.71. The molecule has 0 aromatic carbocycles. The summed E-state index contributed by atoms with van der Waals surface area (Å²) in [6, 6.07) is 5.44. The maximum Gasteiger partial charge on any atom is 0.254 e. The lowest BCUT2D eigenvalue weighted by molar-refractivity contribution is 0.692. The van der Waals surface area contributed by atoms with Crippen molar-refractivity contribution in [1.29, 1.82) is 0 Å². The van der Waals surface area contributed by atoms with Gasteiger partial charge in [-0.3, -0.25) is 9.36 Å². The molecule has 0 aliphatic carbocycles. The average Bonchev–Trinajstić information content (AvgIpc) is 2.36. The van der Waals surface area contributed by atoms with Gasteiger partial charge in [0.1, 0.15) is 11.6 Å². The maximum absolute atomic E-state index is 11.9. The molecule has 2 aromatic rings. The number of pyridine rings is 1. The van der Waals surface area contributed by atoms with E-state index in [0.717, 1.165) is 29.4 Å². The summed E-state index contributed by atoms with van der Waals surface area (Å²) in [5.74, 6) is 1.57. The minimum absolute atomic E-state index is 0.0271. The van der Waals surface area contributed by atoms with Gasteiger partial charge in [0.05, 0.1) is 6.54 Å². The standard InChI is InChI=1S/C14H18N4O/c1-4-15-13-6-5-12(8-16-13)9-18-11(3)17-10(2)7-14(18)19/h5-8H,4,9H2,1-3H3,(H,15,16). The highest BCUT2D eigenvalue weighted by Gasteiger charge is 2.04. The fourth-order valence-corrected chi connectivity index (χ4v) is 1.94. The highest BCUT2D eigenvalue weighted by Crippen LogP contribution is 2.06. The van der Waals surface area contributed by atoms with E-state index in [-0.39, 0.29) is 5.56 Å². The van der Waals surface area contributed by atoms with Crippen LogP contribution in [-0.4, -0.2) is 21.1 Å². The van der Waals surface area contributed by atoms with Crippen molar-refractivity contribution in [2.24, 2.45) is 0 Å². The van der Waals surface area contributed by atoms with Crippen LogP contribution < -0.4 is 10.9 Å². The van der Waals surface area contributed by atoms with Crippen LogP contribution in [0, 0.1) is 13.8 Å². The molecule has 19 heavy (non-hydrogen) atoms. The zero-order valence-corrected chi connectivity index (χ0v) is 11.5. The zero-order chi connectivity index (χ0) is 13.8. The summed E-state index contributed by atoms with van der Waals surface area (Å²) in [5, 5.41) is 3.14. The molecule has 0 spiro atoms. The highest BCUT2D eigenvalue weighted by atomic mass is 16.1. The maximum atomic E-state index is 11.9. The third kappa shape index (κ3) is 3.19. The number of nitrogens with one attached hydrogen (secondary N) is 1. The smallest absolute Gasteiger partial charge is 0.254 e. The molecule has 1 N–H and O–H groups in total. The Kier molecular flexibility index (Phi) is 3.94. The average molecular weight is 258 g/mol. The third-order valence-corrected chi connectivity index (χ3v) is 2.85. The molecule has 100 valence electrons. The first kappa shape index (κ1) is 13.3. The van der Waals surface area contributed by atoms with Gasteiger partial charge in [0, 0.05) is 24.5 Å². The van der Waals surface area contributed by atoms with Crippen LogP contribution in [0.15, 0.2) is 29.2 Å². The monoisotopic (exact) mass is 258 g/mol. The molecule has 0 atom stereocenters. The van der Waals surface area contributed by atoms with E-state index >= 15 is 0 Å². The van der Waals surface area contributed by atoms with E-state index in [1.54, 1.807) is 16.8 Å². The second kappa shape index (κ2) is 5.65. The molecule has 0 aliphatic heterocycles. The second-order valence-electron chi connectivity index (χ2n) is 4.45. The number of aryl methyl sites for hydroxylation is 2. The Morgan fingerprint density at radius 2 is 2.11 bits per heavy atom. The van der Waals surface area contributed by atoms with Crippen LogP contribution in [0.3, 0.4) is 0 Å². The topological polar surface area (TPSA) is 59.8 Å². The highest BCUT2D eigenvalue weighted by molar-refractivity contribution is 5.35. The molecule has 2 rings (SSSR count). The van der Waals surface area contributed by atoms with Crippen LogP contribution in [0.2, 0.25) is 0 Å². The zero-order valence-electron chi connectivity index (χ0n) is 11.5. The van der Waals surface area contributed by atoms with Crippen molar-refractivity contribution < 1.29 is 0 Å². The number of hydrogen-bond donors (Lipinski definition) is 1. The van der Waals surface area contributed by atoms with Crippen molar-refractivity contribution in [3.63, 3.8) is 0 Å². The molecule has 5 nitrogen and oxygen atoms in total. The number of nitrogens with zero attached hydrogens (tertiary/aromatic N) is 3. The Bertz CT molecular complexity index is 616. The predicted molar refractivity (Wildman–Crippen MR) is 75.5 cm³/mol. The summed E-state index contributed by atoms with van der Waals surface area (Å²) in [4.78, 5) is 20.5. The van der Waals surface area contributed by atoms with E-state index in [0.29, 0.717) is 6.54 Å².